The molecule has 10 aromatic rings. The van der Waals surface area contributed by atoms with E-state index in [1.165, 1.54) is 0 Å². The zero-order valence-electron chi connectivity index (χ0n) is 39.8. The predicted molar refractivity (Wildman–Crippen MR) is 269 cm³/mol. The molecule has 1 atom stereocenters. The van der Waals surface area contributed by atoms with Gasteiger partial charge >= 0.3 is 5.65 Å². The quantitative estimate of drug-likeness (QED) is 0.108. The van der Waals surface area contributed by atoms with E-state index in [0.717, 1.165) is 123 Å². The Hall–Kier alpha value is -8.23. The molecule has 0 spiro atoms. The molecular formula is C50H52N19O+. The lowest BCUT2D eigenvalue weighted by Crippen LogP contribution is -2.59. The lowest BCUT2D eigenvalue weighted by Gasteiger charge is -2.38. The summed E-state index contributed by atoms with van der Waals surface area (Å²) in [6.07, 6.45) is 18.4. The lowest BCUT2D eigenvalue weighted by molar-refractivity contribution is -0.719. The van der Waals surface area contributed by atoms with E-state index in [4.69, 9.17) is 20.1 Å². The number of aromatic amines is 4. The van der Waals surface area contributed by atoms with E-state index in [2.05, 4.69) is 108 Å². The Bertz CT molecular complexity index is 3630. The van der Waals surface area contributed by atoms with Gasteiger partial charge in [0.1, 0.15) is 34.0 Å². The smallest absolute Gasteiger partial charge is 0.359 e. The van der Waals surface area contributed by atoms with Crippen LogP contribution in [0.3, 0.4) is 0 Å². The van der Waals surface area contributed by atoms with Crippen molar-refractivity contribution in [2.24, 2.45) is 5.41 Å². The van der Waals surface area contributed by atoms with Crippen LogP contribution in [0.2, 0.25) is 0 Å². The van der Waals surface area contributed by atoms with Crippen molar-refractivity contribution in [2.75, 3.05) is 75.0 Å². The molecule has 0 saturated carbocycles. The molecule has 0 aliphatic carbocycles. The van der Waals surface area contributed by atoms with Crippen LogP contribution in [0.1, 0.15) is 32.5 Å². The van der Waals surface area contributed by atoms with Crippen molar-refractivity contribution in [1.82, 2.24) is 75.1 Å². The van der Waals surface area contributed by atoms with Crippen molar-refractivity contribution in [3.63, 3.8) is 0 Å². The molecule has 0 aromatic carbocycles. The SMILES string of the molecule is Cc1ccncc1-c1cc2c(-c3nc4c(N5CCN(C)CC5)cncc4[nH]3)[nH]nc2[n+](C2CN(c3cncc4[nH]c(-c5[nH]nc6ncc(-c7cncc(NC(=O)C(C)(C)C)c7)cc56)nc34)CCN2C)c1. The average molecular weight is 935 g/mol. The first-order valence-corrected chi connectivity index (χ1v) is 23.5. The number of imidazole rings is 2. The third-order valence-electron chi connectivity index (χ3n) is 13.7. The van der Waals surface area contributed by atoms with Gasteiger partial charge in [-0.15, -0.1) is 0 Å². The molecule has 10 aromatic heterocycles. The first kappa shape index (κ1) is 43.1. The van der Waals surface area contributed by atoms with Crippen LogP contribution in [0.4, 0.5) is 17.1 Å². The summed E-state index contributed by atoms with van der Waals surface area (Å²) in [6.45, 7) is 13.7. The minimum absolute atomic E-state index is 0.0936. The minimum atomic E-state index is -0.551. The number of carbonyl (C=O) groups excluding carboxylic acids is 1. The third-order valence-corrected chi connectivity index (χ3v) is 13.7. The summed E-state index contributed by atoms with van der Waals surface area (Å²) in [6, 6.07) is 8.15. The Morgan fingerprint density at radius 1 is 0.714 bits per heavy atom. The molecule has 12 rings (SSSR count). The summed E-state index contributed by atoms with van der Waals surface area (Å²) in [4.78, 5) is 62.7. The van der Waals surface area contributed by atoms with Crippen molar-refractivity contribution >= 4 is 67.1 Å². The first-order chi connectivity index (χ1) is 33.9. The van der Waals surface area contributed by atoms with Gasteiger partial charge in [-0.3, -0.25) is 34.7 Å². The maximum Gasteiger partial charge on any atom is 0.359 e. The molecule has 2 saturated heterocycles. The number of anilines is 3. The number of rotatable bonds is 8. The van der Waals surface area contributed by atoms with Crippen LogP contribution in [0.25, 0.3) is 89.4 Å². The van der Waals surface area contributed by atoms with Gasteiger partial charge in [-0.25, -0.2) is 19.5 Å². The van der Waals surface area contributed by atoms with Crippen molar-refractivity contribution in [1.29, 1.82) is 0 Å². The maximum atomic E-state index is 12.8. The summed E-state index contributed by atoms with van der Waals surface area (Å²) < 4.78 is 2.28. The maximum absolute atomic E-state index is 12.8. The van der Waals surface area contributed by atoms with E-state index in [0.29, 0.717) is 35.2 Å². The summed E-state index contributed by atoms with van der Waals surface area (Å²) in [5.74, 6) is 1.21. The largest absolute Gasteiger partial charge is 0.366 e. The van der Waals surface area contributed by atoms with Crippen LogP contribution < -0.4 is 19.7 Å². The highest BCUT2D eigenvalue weighted by atomic mass is 16.2. The van der Waals surface area contributed by atoms with E-state index in [9.17, 15) is 4.79 Å². The number of pyridine rings is 6. The number of aromatic nitrogens is 14. The van der Waals surface area contributed by atoms with Crippen LogP contribution in [-0.4, -0.2) is 141 Å². The summed E-state index contributed by atoms with van der Waals surface area (Å²) in [5, 5.41) is 20.8. The van der Waals surface area contributed by atoms with Gasteiger partial charge < -0.3 is 30.0 Å². The van der Waals surface area contributed by atoms with Gasteiger partial charge in [-0.2, -0.15) is 10.2 Å². The van der Waals surface area contributed by atoms with Gasteiger partial charge in [-0.1, -0.05) is 20.8 Å². The predicted octanol–water partition coefficient (Wildman–Crippen LogP) is 6.12. The molecule has 12 heterocycles. The Labute approximate surface area is 401 Å². The molecule has 5 N–H and O–H groups in total. The number of H-pyrrole nitrogens is 4. The zero-order chi connectivity index (χ0) is 47.8. The highest BCUT2D eigenvalue weighted by molar-refractivity contribution is 5.98. The van der Waals surface area contributed by atoms with E-state index >= 15 is 0 Å². The fraction of sp³-hybridized carbons (Fsp3) is 0.300. The molecular weight excluding hydrogens is 883 g/mol. The van der Waals surface area contributed by atoms with E-state index in [-0.39, 0.29) is 12.1 Å². The average Bonchev–Trinajstić information content (AvgIpc) is 4.18. The van der Waals surface area contributed by atoms with Crippen LogP contribution in [0, 0.1) is 12.3 Å². The zero-order valence-corrected chi connectivity index (χ0v) is 39.8. The number of fused-ring (bicyclic) bond motifs is 4. The highest BCUT2D eigenvalue weighted by Crippen LogP contribution is 2.36. The Morgan fingerprint density at radius 2 is 1.37 bits per heavy atom. The number of hydrogen-bond acceptors (Lipinski definition) is 14. The third kappa shape index (κ3) is 7.60. The second-order valence-corrected chi connectivity index (χ2v) is 19.5. The van der Waals surface area contributed by atoms with Crippen molar-refractivity contribution < 1.29 is 9.36 Å². The first-order valence-electron chi connectivity index (χ1n) is 23.5. The fourth-order valence-corrected chi connectivity index (χ4v) is 9.58. The minimum Gasteiger partial charge on any atom is -0.366 e. The molecule has 2 fully saturated rings. The van der Waals surface area contributed by atoms with Crippen LogP contribution in [-0.2, 0) is 4.79 Å². The normalized spacial score (nSPS) is 16.3. The standard InChI is InChI=1S/C50H51N19O/c1-28-7-8-51-21-35(28)31-17-34-42(47-58-36-22-53-24-38(43(36)59-47)67-12-9-65(5)10-13-67)62-64-48(34)69(26-31)40-27-68(14-11-66(40)6)39-25-54-23-37-44(39)60-46(57-37)41-33-16-30(19-55-45(33)63-61-41)29-15-32(20-52-18-29)56-49(70)50(2,3)4/h7-8,15-26,40H,9-14,27H2,1-6H3,(H4,53,54,55,56,57,58,59,60,61,62,63,70)/p+1. The van der Waals surface area contributed by atoms with E-state index in [1.54, 1.807) is 24.8 Å². The summed E-state index contributed by atoms with van der Waals surface area (Å²) >= 11 is 0. The van der Waals surface area contributed by atoms with Crippen molar-refractivity contribution in [3.05, 3.63) is 91.8 Å². The number of likely N-dealkylation sites (N-methyl/N-ethyl adjacent to an activating group) is 2. The van der Waals surface area contributed by atoms with Crippen LogP contribution in [0.5, 0.6) is 0 Å². The summed E-state index contributed by atoms with van der Waals surface area (Å²) in [7, 11) is 4.32. The number of amides is 1. The molecule has 2 aliphatic rings. The number of nitrogens with zero attached hydrogens (tertiary/aromatic N) is 14. The monoisotopic (exact) mass is 934 g/mol. The number of piperazine rings is 2. The van der Waals surface area contributed by atoms with Gasteiger partial charge in [-0.05, 0) is 50.8 Å². The van der Waals surface area contributed by atoms with Crippen molar-refractivity contribution in [3.8, 4) is 45.3 Å². The molecule has 1 unspecified atom stereocenters. The molecule has 0 bridgehead atoms. The van der Waals surface area contributed by atoms with Gasteiger partial charge in [0.15, 0.2) is 23.5 Å². The second kappa shape index (κ2) is 16.8. The summed E-state index contributed by atoms with van der Waals surface area (Å²) in [5.41, 5.74) is 13.0. The van der Waals surface area contributed by atoms with Gasteiger partial charge in [0.05, 0.1) is 76.1 Å². The number of nitrogens with one attached hydrogen (secondary N) is 5. The van der Waals surface area contributed by atoms with Gasteiger partial charge in [0.25, 0.3) is 0 Å². The van der Waals surface area contributed by atoms with Gasteiger partial charge in [0, 0.05) is 91.7 Å². The number of aryl methyl sites for hydroxylation is 1. The molecule has 352 valence electrons. The fourth-order valence-electron chi connectivity index (χ4n) is 9.58. The van der Waals surface area contributed by atoms with Gasteiger partial charge in [0.2, 0.25) is 5.91 Å². The van der Waals surface area contributed by atoms with E-state index in [1.807, 2.05) is 70.0 Å². The van der Waals surface area contributed by atoms with E-state index < -0.39 is 5.41 Å². The Balaban J connectivity index is 0.894. The molecule has 0 radical (unpaired) electrons. The van der Waals surface area contributed by atoms with Crippen molar-refractivity contribution in [2.45, 2.75) is 33.9 Å². The Kier molecular flexibility index (Phi) is 10.3. The molecule has 20 heteroatoms. The highest BCUT2D eigenvalue weighted by Gasteiger charge is 2.35. The molecule has 20 nitrogen and oxygen atoms in total. The Morgan fingerprint density at radius 3 is 2.10 bits per heavy atom. The van der Waals surface area contributed by atoms with Crippen LogP contribution >= 0.6 is 0 Å². The topological polar surface area (TPSA) is 225 Å². The molecule has 70 heavy (non-hydrogen) atoms. The van der Waals surface area contributed by atoms with Crippen LogP contribution in [0.15, 0.2) is 86.2 Å². The number of carbonyl (C=O) groups is 1. The second-order valence-electron chi connectivity index (χ2n) is 19.5. The molecule has 1 amide bonds. The number of hydrogen-bond donors (Lipinski definition) is 5. The molecule has 2 aliphatic heterocycles. The lowest BCUT2D eigenvalue weighted by atomic mass is 9.95.